The van der Waals surface area contributed by atoms with E-state index < -0.39 is 41.2 Å². The number of fused-ring (bicyclic) bond motifs is 3. The number of carboxylic acids is 1. The van der Waals surface area contributed by atoms with Gasteiger partial charge in [-0.15, -0.1) is 0 Å². The Bertz CT molecular complexity index is 1140. The van der Waals surface area contributed by atoms with Gasteiger partial charge in [-0.1, -0.05) is 12.1 Å². The number of hydrogen-bond acceptors (Lipinski definition) is 5. The smallest absolute Gasteiger partial charge is 0.430 e. The monoisotopic (exact) mass is 437 g/mol. The molecule has 0 bridgehead atoms. The molecule has 164 valence electrons. The van der Waals surface area contributed by atoms with E-state index >= 15 is 0 Å². The van der Waals surface area contributed by atoms with Gasteiger partial charge in [0, 0.05) is 19.0 Å². The largest absolute Gasteiger partial charge is 0.478 e. The molecule has 11 heteroatoms. The van der Waals surface area contributed by atoms with Gasteiger partial charge in [0.25, 0.3) is 5.56 Å². The van der Waals surface area contributed by atoms with Crippen LogP contribution in [-0.2, 0) is 22.6 Å². The molecule has 3 heterocycles. The van der Waals surface area contributed by atoms with Crippen LogP contribution in [0.1, 0.15) is 40.7 Å². The number of aromatic carboxylic acids is 1. The number of hydrogen-bond donors (Lipinski definition) is 1. The fraction of sp³-hybridized carbons (Fsp3) is 0.400. The van der Waals surface area contributed by atoms with Gasteiger partial charge < -0.3 is 9.84 Å². The summed E-state index contributed by atoms with van der Waals surface area (Å²) < 4.78 is 49.6. The molecule has 1 aromatic carbocycles. The first kappa shape index (κ1) is 20.9. The highest BCUT2D eigenvalue weighted by Gasteiger charge is 2.53. The molecule has 2 aromatic rings. The maximum Gasteiger partial charge on any atom is 0.430 e. The Hall–Kier alpha value is -3.37. The van der Waals surface area contributed by atoms with E-state index in [1.807, 2.05) is 0 Å². The Kier molecular flexibility index (Phi) is 4.98. The van der Waals surface area contributed by atoms with E-state index in [0.717, 1.165) is 0 Å². The Morgan fingerprint density at radius 3 is 2.42 bits per heavy atom. The minimum absolute atomic E-state index is 0.0196. The fourth-order valence-electron chi connectivity index (χ4n) is 4.23. The Morgan fingerprint density at radius 2 is 1.84 bits per heavy atom. The molecular weight excluding hydrogens is 419 g/mol. The average molecular weight is 437 g/mol. The molecule has 2 unspecified atom stereocenters. The molecule has 2 aliphatic heterocycles. The van der Waals surface area contributed by atoms with Crippen molar-refractivity contribution in [3.05, 3.63) is 51.3 Å². The van der Waals surface area contributed by atoms with Crippen molar-refractivity contribution in [2.24, 2.45) is 10.9 Å². The van der Waals surface area contributed by atoms with Gasteiger partial charge in [-0.3, -0.25) is 14.3 Å². The molecule has 0 aliphatic carbocycles. The number of rotatable bonds is 4. The first-order valence-electron chi connectivity index (χ1n) is 9.64. The second-order valence-corrected chi connectivity index (χ2v) is 7.27. The first-order chi connectivity index (χ1) is 14.6. The van der Waals surface area contributed by atoms with Gasteiger partial charge in [-0.05, 0) is 31.0 Å². The maximum atomic E-state index is 14.0. The van der Waals surface area contributed by atoms with Crippen LogP contribution in [-0.4, -0.2) is 44.9 Å². The summed E-state index contributed by atoms with van der Waals surface area (Å²) in [6.45, 7) is 1.98. The molecule has 1 aromatic heterocycles. The van der Waals surface area contributed by atoms with Crippen LogP contribution in [0.4, 0.5) is 19.0 Å². The van der Waals surface area contributed by atoms with Crippen LogP contribution in [0, 0.1) is 5.92 Å². The predicted octanol–water partition coefficient (Wildman–Crippen LogP) is 2.71. The van der Waals surface area contributed by atoms with Crippen LogP contribution in [0.3, 0.4) is 0 Å². The zero-order valence-corrected chi connectivity index (χ0v) is 16.3. The number of ether oxygens (including phenoxy) is 1. The molecule has 2 atom stereocenters. The van der Waals surface area contributed by atoms with Gasteiger partial charge in [0.2, 0.25) is 0 Å². The molecule has 1 N–H and O–H groups in total. The lowest BCUT2D eigenvalue weighted by atomic mass is 9.76. The molecule has 0 amide bonds. The highest BCUT2D eigenvalue weighted by molar-refractivity contribution is 6.08. The molecule has 0 fully saturated rings. The summed E-state index contributed by atoms with van der Waals surface area (Å²) >= 11 is 0. The van der Waals surface area contributed by atoms with Crippen LogP contribution >= 0.6 is 0 Å². The summed E-state index contributed by atoms with van der Waals surface area (Å²) in [5.74, 6) is -5.68. The van der Waals surface area contributed by atoms with Crippen molar-refractivity contribution >= 4 is 23.5 Å². The van der Waals surface area contributed by atoms with Gasteiger partial charge in [-0.2, -0.15) is 13.2 Å². The summed E-state index contributed by atoms with van der Waals surface area (Å²) in [5.41, 5.74) is -1.75. The van der Waals surface area contributed by atoms with Crippen molar-refractivity contribution in [1.82, 2.24) is 9.36 Å². The highest BCUT2D eigenvalue weighted by atomic mass is 19.4. The molecule has 0 saturated carbocycles. The van der Waals surface area contributed by atoms with E-state index in [2.05, 4.69) is 4.99 Å². The minimum atomic E-state index is -4.94. The number of carboxylic acid groups (broad SMARTS) is 1. The van der Waals surface area contributed by atoms with Crippen LogP contribution in [0.15, 0.2) is 34.1 Å². The number of alkyl halides is 3. The molecular formula is C20H18F3N3O5. The van der Waals surface area contributed by atoms with E-state index in [0.29, 0.717) is 19.5 Å². The fourth-order valence-corrected chi connectivity index (χ4v) is 4.23. The van der Waals surface area contributed by atoms with Crippen molar-refractivity contribution in [2.45, 2.75) is 38.5 Å². The van der Waals surface area contributed by atoms with Crippen LogP contribution in [0.5, 0.6) is 0 Å². The standard InChI is InChI=1S/C20H18F3N3O5/c1-2-31-19(30)13-12(10-4-6-11(7-5-10)18(28)29)14-16(24-15(13)20(21,22)23)25-8-3-9-26(25)17(14)27/h4-7,12-13H,2-3,8-9H2,1H3,(H,28,29). The first-order valence-corrected chi connectivity index (χ1v) is 9.64. The summed E-state index contributed by atoms with van der Waals surface area (Å²) in [5, 5.41) is 9.13. The Labute approximate surface area is 173 Å². The number of halogens is 3. The number of aliphatic imine (C=N–C) groups is 1. The van der Waals surface area contributed by atoms with Crippen LogP contribution in [0.2, 0.25) is 0 Å². The molecule has 4 rings (SSSR count). The quantitative estimate of drug-likeness (QED) is 0.741. The number of esters is 1. The van der Waals surface area contributed by atoms with E-state index in [1.54, 1.807) is 0 Å². The lowest BCUT2D eigenvalue weighted by molar-refractivity contribution is -0.147. The summed E-state index contributed by atoms with van der Waals surface area (Å²) in [4.78, 5) is 40.7. The van der Waals surface area contributed by atoms with E-state index in [9.17, 15) is 27.6 Å². The lowest BCUT2D eigenvalue weighted by Gasteiger charge is -2.31. The third kappa shape index (κ3) is 3.33. The third-order valence-electron chi connectivity index (χ3n) is 5.49. The van der Waals surface area contributed by atoms with E-state index in [-0.39, 0.29) is 29.1 Å². The summed E-state index contributed by atoms with van der Waals surface area (Å²) in [6, 6.07) is 5.08. The lowest BCUT2D eigenvalue weighted by Crippen LogP contribution is -2.43. The van der Waals surface area contributed by atoms with Gasteiger partial charge in [0.1, 0.15) is 11.6 Å². The van der Waals surface area contributed by atoms with Crippen LogP contribution in [0.25, 0.3) is 0 Å². The second kappa shape index (κ2) is 7.40. The van der Waals surface area contributed by atoms with Gasteiger partial charge >= 0.3 is 18.1 Å². The number of carbonyl (C=O) groups is 2. The average Bonchev–Trinajstić information content (AvgIpc) is 3.29. The Balaban J connectivity index is 1.99. The number of benzene rings is 1. The zero-order valence-electron chi connectivity index (χ0n) is 16.3. The topological polar surface area (TPSA) is 103 Å². The summed E-state index contributed by atoms with van der Waals surface area (Å²) in [6.07, 6.45) is -4.36. The number of aromatic nitrogens is 2. The normalized spacial score (nSPS) is 20.1. The third-order valence-corrected chi connectivity index (χ3v) is 5.49. The second-order valence-electron chi connectivity index (χ2n) is 7.27. The number of nitrogens with zero attached hydrogens (tertiary/aromatic N) is 3. The summed E-state index contributed by atoms with van der Waals surface area (Å²) in [7, 11) is 0. The van der Waals surface area contributed by atoms with Crippen molar-refractivity contribution in [1.29, 1.82) is 0 Å². The minimum Gasteiger partial charge on any atom is -0.478 e. The van der Waals surface area contributed by atoms with E-state index in [4.69, 9.17) is 9.84 Å². The highest BCUT2D eigenvalue weighted by Crippen LogP contribution is 2.45. The molecule has 0 radical (unpaired) electrons. The van der Waals surface area contributed by atoms with Gasteiger partial charge in [0.15, 0.2) is 5.82 Å². The van der Waals surface area contributed by atoms with Crippen LogP contribution < -0.4 is 5.56 Å². The molecule has 0 saturated heterocycles. The van der Waals surface area contributed by atoms with Gasteiger partial charge in [0.05, 0.1) is 17.7 Å². The van der Waals surface area contributed by atoms with Crippen molar-refractivity contribution in [2.75, 3.05) is 6.61 Å². The Morgan fingerprint density at radius 1 is 1.19 bits per heavy atom. The SMILES string of the molecule is CCOC(=O)C1C(C(F)(F)F)=Nc2c(c(=O)n3n2CCC3)C1c1ccc(C(=O)O)cc1. The molecule has 2 aliphatic rings. The zero-order chi connectivity index (χ0) is 22.5. The van der Waals surface area contributed by atoms with Crippen molar-refractivity contribution < 1.29 is 32.6 Å². The predicted molar refractivity (Wildman–Crippen MR) is 102 cm³/mol. The molecule has 0 spiro atoms. The number of carbonyl (C=O) groups excluding carboxylic acids is 1. The molecule has 8 nitrogen and oxygen atoms in total. The molecule has 31 heavy (non-hydrogen) atoms. The van der Waals surface area contributed by atoms with Crippen molar-refractivity contribution in [3.8, 4) is 0 Å². The maximum absolute atomic E-state index is 14.0. The van der Waals surface area contributed by atoms with Crippen molar-refractivity contribution in [3.63, 3.8) is 0 Å². The van der Waals surface area contributed by atoms with E-state index in [1.165, 1.54) is 40.6 Å². The van der Waals surface area contributed by atoms with Gasteiger partial charge in [-0.25, -0.2) is 14.5 Å².